The number of rotatable bonds is 3. The number of carboxylic acid groups (broad SMARTS) is 1. The van der Waals surface area contributed by atoms with Gasteiger partial charge in [0.25, 0.3) is 5.91 Å². The first-order valence-electron chi connectivity index (χ1n) is 6.52. The fourth-order valence-electron chi connectivity index (χ4n) is 2.15. The minimum absolute atomic E-state index is 0.0169. The highest BCUT2D eigenvalue weighted by atomic mass is 32.1. The summed E-state index contributed by atoms with van der Waals surface area (Å²) in [7, 11) is 0. The van der Waals surface area contributed by atoms with E-state index in [1.54, 1.807) is 21.2 Å². The molecule has 0 radical (unpaired) electrons. The monoisotopic (exact) mass is 308 g/mol. The second kappa shape index (κ2) is 6.53. The summed E-state index contributed by atoms with van der Waals surface area (Å²) in [6.07, 6.45) is 2.45. The van der Waals surface area contributed by atoms with Crippen LogP contribution in [0.2, 0.25) is 0 Å². The van der Waals surface area contributed by atoms with Gasteiger partial charge in [-0.15, -0.1) is 11.3 Å². The molecule has 1 aliphatic rings. The van der Waals surface area contributed by atoms with E-state index in [9.17, 15) is 14.4 Å². The van der Waals surface area contributed by atoms with Crippen LogP contribution < -0.4 is 0 Å². The molecule has 0 aromatic carbocycles. The summed E-state index contributed by atoms with van der Waals surface area (Å²) >= 11 is 1.29. The van der Waals surface area contributed by atoms with Gasteiger partial charge >= 0.3 is 5.97 Å². The molecule has 0 spiro atoms. The molecule has 1 N–H and O–H groups in total. The van der Waals surface area contributed by atoms with Gasteiger partial charge in [0.2, 0.25) is 5.91 Å². The molecule has 1 fully saturated rings. The quantitative estimate of drug-likeness (QED) is 0.850. The van der Waals surface area contributed by atoms with Crippen LogP contribution in [0.25, 0.3) is 6.08 Å². The number of carbonyl (C=O) groups excluding carboxylic acids is 2. The molecule has 6 nitrogen and oxygen atoms in total. The first-order chi connectivity index (χ1) is 9.99. The average molecular weight is 308 g/mol. The van der Waals surface area contributed by atoms with E-state index in [0.29, 0.717) is 36.6 Å². The molecule has 1 aromatic heterocycles. The number of amides is 2. The van der Waals surface area contributed by atoms with E-state index < -0.39 is 5.97 Å². The van der Waals surface area contributed by atoms with E-state index in [-0.39, 0.29) is 11.8 Å². The van der Waals surface area contributed by atoms with Gasteiger partial charge in [0.15, 0.2) is 0 Å². The molecule has 2 amide bonds. The molecule has 0 unspecified atom stereocenters. The van der Waals surface area contributed by atoms with Gasteiger partial charge in [-0.1, -0.05) is 0 Å². The highest BCUT2D eigenvalue weighted by molar-refractivity contribution is 7.12. The second-order valence-corrected chi connectivity index (χ2v) is 5.59. The van der Waals surface area contributed by atoms with E-state index >= 15 is 0 Å². The Bertz CT molecular complexity index is 586. The van der Waals surface area contributed by atoms with Crippen LogP contribution in [-0.2, 0) is 9.59 Å². The molecule has 0 saturated carbocycles. The maximum absolute atomic E-state index is 12.5. The van der Waals surface area contributed by atoms with Crippen molar-refractivity contribution < 1.29 is 19.5 Å². The SMILES string of the molecule is CC(=O)N1CCN(C(=O)c2sccc2C=CC(=O)O)CC1. The molecular weight excluding hydrogens is 292 g/mol. The molecule has 1 saturated heterocycles. The van der Waals surface area contributed by atoms with Crippen LogP contribution in [0, 0.1) is 0 Å². The number of nitrogens with zero attached hydrogens (tertiary/aromatic N) is 2. The third kappa shape index (κ3) is 3.69. The van der Waals surface area contributed by atoms with Crippen molar-refractivity contribution in [1.29, 1.82) is 0 Å². The number of piperazine rings is 1. The fraction of sp³-hybridized carbons (Fsp3) is 0.357. The van der Waals surface area contributed by atoms with Gasteiger partial charge in [0.1, 0.15) is 0 Å². The third-order valence-electron chi connectivity index (χ3n) is 3.31. The first-order valence-corrected chi connectivity index (χ1v) is 7.40. The summed E-state index contributed by atoms with van der Waals surface area (Å²) < 4.78 is 0. The molecule has 112 valence electrons. The minimum Gasteiger partial charge on any atom is -0.478 e. The zero-order valence-electron chi connectivity index (χ0n) is 11.6. The van der Waals surface area contributed by atoms with Crippen LogP contribution in [0.3, 0.4) is 0 Å². The Balaban J connectivity index is 2.06. The summed E-state index contributed by atoms with van der Waals surface area (Å²) in [5.74, 6) is -1.14. The van der Waals surface area contributed by atoms with E-state index in [0.717, 1.165) is 6.08 Å². The molecule has 1 aliphatic heterocycles. The molecule has 2 heterocycles. The van der Waals surface area contributed by atoms with E-state index in [1.165, 1.54) is 24.3 Å². The van der Waals surface area contributed by atoms with Gasteiger partial charge in [0, 0.05) is 39.2 Å². The predicted molar refractivity (Wildman–Crippen MR) is 79.1 cm³/mol. The van der Waals surface area contributed by atoms with Gasteiger partial charge in [-0.2, -0.15) is 0 Å². The Hall–Kier alpha value is -2.15. The molecule has 0 bridgehead atoms. The van der Waals surface area contributed by atoms with Crippen molar-refractivity contribution >= 4 is 35.2 Å². The van der Waals surface area contributed by atoms with Crippen LogP contribution >= 0.6 is 11.3 Å². The maximum Gasteiger partial charge on any atom is 0.328 e. The van der Waals surface area contributed by atoms with Crippen molar-refractivity contribution in [2.45, 2.75) is 6.92 Å². The van der Waals surface area contributed by atoms with Gasteiger partial charge in [-0.25, -0.2) is 4.79 Å². The standard InChI is InChI=1S/C14H16N2O4S/c1-10(17)15-5-7-16(8-6-15)14(20)13-11(4-9-21-13)2-3-12(18)19/h2-4,9H,5-8H2,1H3,(H,18,19). The minimum atomic E-state index is -1.05. The first kappa shape index (κ1) is 15.2. The molecule has 7 heteroatoms. The lowest BCUT2D eigenvalue weighted by molar-refractivity contribution is -0.131. The van der Waals surface area contributed by atoms with Gasteiger partial charge < -0.3 is 14.9 Å². The Morgan fingerprint density at radius 2 is 1.81 bits per heavy atom. The van der Waals surface area contributed by atoms with Crippen LogP contribution in [-0.4, -0.2) is 58.9 Å². The van der Waals surface area contributed by atoms with Crippen LogP contribution in [0.15, 0.2) is 17.5 Å². The number of carbonyl (C=O) groups is 3. The molecule has 0 atom stereocenters. The van der Waals surface area contributed by atoms with Gasteiger partial charge in [0.05, 0.1) is 4.88 Å². The Labute approximate surface area is 126 Å². The zero-order chi connectivity index (χ0) is 15.4. The number of hydrogen-bond donors (Lipinski definition) is 1. The zero-order valence-corrected chi connectivity index (χ0v) is 12.4. The summed E-state index contributed by atoms with van der Waals surface area (Å²) in [6.45, 7) is 3.59. The van der Waals surface area contributed by atoms with Crippen molar-refractivity contribution in [3.05, 3.63) is 28.0 Å². The molecule has 2 rings (SSSR count). The molecule has 0 aliphatic carbocycles. The summed E-state index contributed by atoms with van der Waals surface area (Å²) in [5, 5.41) is 10.4. The van der Waals surface area contributed by atoms with Gasteiger partial charge in [-0.05, 0) is 23.1 Å². The molecular formula is C14H16N2O4S. The smallest absolute Gasteiger partial charge is 0.328 e. The van der Waals surface area contributed by atoms with Crippen LogP contribution in [0.4, 0.5) is 0 Å². The van der Waals surface area contributed by atoms with Gasteiger partial charge in [-0.3, -0.25) is 9.59 Å². The van der Waals surface area contributed by atoms with Crippen molar-refractivity contribution in [2.75, 3.05) is 26.2 Å². The summed E-state index contributed by atoms with van der Waals surface area (Å²) in [4.78, 5) is 38.2. The van der Waals surface area contributed by atoms with Crippen molar-refractivity contribution in [1.82, 2.24) is 9.80 Å². The third-order valence-corrected chi connectivity index (χ3v) is 4.23. The Morgan fingerprint density at radius 1 is 1.19 bits per heavy atom. The molecule has 21 heavy (non-hydrogen) atoms. The van der Waals surface area contributed by atoms with Crippen LogP contribution in [0.5, 0.6) is 0 Å². The highest BCUT2D eigenvalue weighted by Crippen LogP contribution is 2.21. The second-order valence-electron chi connectivity index (χ2n) is 4.67. The number of thiophene rings is 1. The highest BCUT2D eigenvalue weighted by Gasteiger charge is 2.25. The lowest BCUT2D eigenvalue weighted by Gasteiger charge is -2.34. The van der Waals surface area contributed by atoms with E-state index in [2.05, 4.69) is 0 Å². The maximum atomic E-state index is 12.5. The van der Waals surface area contributed by atoms with Crippen molar-refractivity contribution in [3.8, 4) is 0 Å². The fourth-order valence-corrected chi connectivity index (χ4v) is 3.01. The topological polar surface area (TPSA) is 77.9 Å². The van der Waals surface area contributed by atoms with E-state index in [4.69, 9.17) is 5.11 Å². The number of aliphatic carboxylic acids is 1. The lowest BCUT2D eigenvalue weighted by atomic mass is 10.2. The normalized spacial score (nSPS) is 15.5. The van der Waals surface area contributed by atoms with Crippen molar-refractivity contribution in [2.24, 2.45) is 0 Å². The molecule has 1 aromatic rings. The van der Waals surface area contributed by atoms with Crippen LogP contribution in [0.1, 0.15) is 22.2 Å². The Kier molecular flexibility index (Phi) is 4.74. The predicted octanol–water partition coefficient (Wildman–Crippen LogP) is 1.15. The lowest BCUT2D eigenvalue weighted by Crippen LogP contribution is -2.50. The number of hydrogen-bond acceptors (Lipinski definition) is 4. The largest absolute Gasteiger partial charge is 0.478 e. The summed E-state index contributed by atoms with van der Waals surface area (Å²) in [5.41, 5.74) is 0.612. The van der Waals surface area contributed by atoms with Crippen molar-refractivity contribution in [3.63, 3.8) is 0 Å². The van der Waals surface area contributed by atoms with E-state index in [1.807, 2.05) is 0 Å². The summed E-state index contributed by atoms with van der Waals surface area (Å²) in [6, 6.07) is 1.73. The Morgan fingerprint density at radius 3 is 2.38 bits per heavy atom. The average Bonchev–Trinajstić information content (AvgIpc) is 2.92. The number of carboxylic acids is 1.